The largest absolute Gasteiger partial charge is 0.416 e. The molecule has 2 aromatic carbocycles. The Kier molecular flexibility index (Phi) is 5.95. The summed E-state index contributed by atoms with van der Waals surface area (Å²) in [7, 11) is 0. The van der Waals surface area contributed by atoms with E-state index in [-0.39, 0.29) is 23.9 Å². The first-order valence-electron chi connectivity index (χ1n) is 7.49. The van der Waals surface area contributed by atoms with Crippen LogP contribution >= 0.6 is 0 Å². The average Bonchev–Trinajstić information content (AvgIpc) is 2.57. The van der Waals surface area contributed by atoms with Gasteiger partial charge in [-0.2, -0.15) is 26.3 Å². The smallest absolute Gasteiger partial charge is 0.343 e. The Bertz CT molecular complexity index is 860. The van der Waals surface area contributed by atoms with Gasteiger partial charge in [0.1, 0.15) is 5.82 Å². The Morgan fingerprint density at radius 3 is 1.93 bits per heavy atom. The second-order valence-electron chi connectivity index (χ2n) is 5.54. The predicted molar refractivity (Wildman–Crippen MR) is 83.8 cm³/mol. The molecule has 2 amide bonds. The van der Waals surface area contributed by atoms with Gasteiger partial charge in [-0.05, 0) is 36.4 Å². The molecular formula is C17H11F7N2O2. The van der Waals surface area contributed by atoms with E-state index in [4.69, 9.17) is 0 Å². The topological polar surface area (TPSA) is 58.2 Å². The zero-order chi connectivity index (χ0) is 21.1. The molecular weight excluding hydrogens is 397 g/mol. The van der Waals surface area contributed by atoms with E-state index in [0.29, 0.717) is 0 Å². The lowest BCUT2D eigenvalue weighted by atomic mass is 10.0. The third-order valence-corrected chi connectivity index (χ3v) is 3.37. The van der Waals surface area contributed by atoms with Crippen LogP contribution in [0.4, 0.5) is 36.4 Å². The van der Waals surface area contributed by atoms with Crippen LogP contribution in [0, 0.1) is 5.82 Å². The van der Waals surface area contributed by atoms with Crippen molar-refractivity contribution in [3.63, 3.8) is 0 Å². The summed E-state index contributed by atoms with van der Waals surface area (Å²) in [6.07, 6.45) is -10.2. The molecule has 2 N–H and O–H groups in total. The van der Waals surface area contributed by atoms with Crippen LogP contribution in [0.2, 0.25) is 0 Å². The number of hydrogen-bond acceptors (Lipinski definition) is 2. The van der Waals surface area contributed by atoms with E-state index in [2.05, 4.69) is 5.32 Å². The van der Waals surface area contributed by atoms with Gasteiger partial charge < -0.3 is 10.6 Å². The standard InChI is InChI=1S/C17H11F7N2O2/c18-12-2-1-3-13(7-12)26-14(27)8-25-15(28)9-4-10(16(19,20)21)6-11(5-9)17(22,23)24/h1-7H,8H2,(H,25,28)(H,26,27). The van der Waals surface area contributed by atoms with Gasteiger partial charge in [-0.1, -0.05) is 6.07 Å². The van der Waals surface area contributed by atoms with Crippen molar-refractivity contribution in [2.45, 2.75) is 12.4 Å². The zero-order valence-corrected chi connectivity index (χ0v) is 13.7. The number of halogens is 7. The molecule has 0 aliphatic carbocycles. The molecule has 0 fully saturated rings. The second-order valence-corrected chi connectivity index (χ2v) is 5.54. The van der Waals surface area contributed by atoms with Crippen LogP contribution in [0.3, 0.4) is 0 Å². The van der Waals surface area contributed by atoms with Crippen LogP contribution in [0.25, 0.3) is 0 Å². The van der Waals surface area contributed by atoms with Crippen molar-refractivity contribution in [3.05, 3.63) is 65.0 Å². The molecule has 0 spiro atoms. The van der Waals surface area contributed by atoms with Crippen LogP contribution < -0.4 is 10.6 Å². The molecule has 2 rings (SSSR count). The first kappa shape index (κ1) is 21.2. The Labute approximate surface area is 153 Å². The van der Waals surface area contributed by atoms with Crippen molar-refractivity contribution in [1.29, 1.82) is 0 Å². The molecule has 0 unspecified atom stereocenters. The number of amides is 2. The molecule has 11 heteroatoms. The van der Waals surface area contributed by atoms with Crippen LogP contribution in [0.5, 0.6) is 0 Å². The Hall–Kier alpha value is -3.11. The average molecular weight is 408 g/mol. The van der Waals surface area contributed by atoms with Crippen molar-refractivity contribution in [1.82, 2.24) is 5.32 Å². The number of hydrogen-bond donors (Lipinski definition) is 2. The van der Waals surface area contributed by atoms with Crippen LogP contribution in [-0.2, 0) is 17.1 Å². The maximum Gasteiger partial charge on any atom is 0.416 e. The number of nitrogens with one attached hydrogen (secondary N) is 2. The molecule has 0 heterocycles. The normalized spacial score (nSPS) is 11.8. The lowest BCUT2D eigenvalue weighted by Gasteiger charge is -2.14. The minimum Gasteiger partial charge on any atom is -0.343 e. The number of alkyl halides is 6. The minimum absolute atomic E-state index is 0.0534. The Balaban J connectivity index is 2.13. The third-order valence-electron chi connectivity index (χ3n) is 3.37. The van der Waals surface area contributed by atoms with E-state index in [9.17, 15) is 40.3 Å². The van der Waals surface area contributed by atoms with Crippen molar-refractivity contribution in [2.75, 3.05) is 11.9 Å². The van der Waals surface area contributed by atoms with Crippen LogP contribution in [0.1, 0.15) is 21.5 Å². The highest BCUT2D eigenvalue weighted by Crippen LogP contribution is 2.36. The number of anilines is 1. The summed E-state index contributed by atoms with van der Waals surface area (Å²) >= 11 is 0. The van der Waals surface area contributed by atoms with Gasteiger partial charge >= 0.3 is 12.4 Å². The van der Waals surface area contributed by atoms with Gasteiger partial charge in [0, 0.05) is 11.3 Å². The molecule has 0 aliphatic rings. The maximum atomic E-state index is 13.0. The molecule has 28 heavy (non-hydrogen) atoms. The van der Waals surface area contributed by atoms with E-state index in [1.165, 1.54) is 12.1 Å². The highest BCUT2D eigenvalue weighted by molar-refractivity contribution is 5.99. The van der Waals surface area contributed by atoms with E-state index in [1.54, 1.807) is 0 Å². The predicted octanol–water partition coefficient (Wildman–Crippen LogP) is 4.23. The molecule has 4 nitrogen and oxygen atoms in total. The fourth-order valence-corrected chi connectivity index (χ4v) is 2.12. The molecule has 2 aromatic rings. The van der Waals surface area contributed by atoms with Gasteiger partial charge in [-0.3, -0.25) is 9.59 Å². The van der Waals surface area contributed by atoms with Gasteiger partial charge in [0.15, 0.2) is 0 Å². The van der Waals surface area contributed by atoms with E-state index in [0.717, 1.165) is 12.1 Å². The Morgan fingerprint density at radius 2 is 1.43 bits per heavy atom. The summed E-state index contributed by atoms with van der Waals surface area (Å²) in [5.41, 5.74) is -4.17. The minimum atomic E-state index is -5.11. The van der Waals surface area contributed by atoms with Gasteiger partial charge in [-0.15, -0.1) is 0 Å². The number of benzene rings is 2. The molecule has 150 valence electrons. The molecule has 0 saturated heterocycles. The first-order chi connectivity index (χ1) is 12.9. The quantitative estimate of drug-likeness (QED) is 0.744. The SMILES string of the molecule is O=C(CNC(=O)c1cc(C(F)(F)F)cc(C(F)(F)F)c1)Nc1cccc(F)c1. The fourth-order valence-electron chi connectivity index (χ4n) is 2.12. The van der Waals surface area contributed by atoms with E-state index in [1.807, 2.05) is 5.32 Å². The second kappa shape index (κ2) is 7.87. The van der Waals surface area contributed by atoms with Crippen molar-refractivity contribution < 1.29 is 40.3 Å². The van der Waals surface area contributed by atoms with Crippen LogP contribution in [-0.4, -0.2) is 18.4 Å². The third kappa shape index (κ3) is 5.69. The molecule has 0 aliphatic heterocycles. The lowest BCUT2D eigenvalue weighted by Crippen LogP contribution is -2.33. The van der Waals surface area contributed by atoms with E-state index < -0.39 is 53.2 Å². The Morgan fingerprint density at radius 1 is 0.857 bits per heavy atom. The summed E-state index contributed by atoms with van der Waals surface area (Å²) in [4.78, 5) is 23.6. The number of rotatable bonds is 4. The summed E-state index contributed by atoms with van der Waals surface area (Å²) in [6, 6.07) is 5.10. The van der Waals surface area contributed by atoms with Gasteiger partial charge in [0.25, 0.3) is 5.91 Å². The highest BCUT2D eigenvalue weighted by atomic mass is 19.4. The molecule has 0 bridgehead atoms. The lowest BCUT2D eigenvalue weighted by molar-refractivity contribution is -0.143. The van der Waals surface area contributed by atoms with Gasteiger partial charge in [0.2, 0.25) is 5.91 Å². The fraction of sp³-hybridized carbons (Fsp3) is 0.176. The number of carbonyl (C=O) groups is 2. The summed E-state index contributed by atoms with van der Waals surface area (Å²) < 4.78 is 89.8. The molecule has 0 atom stereocenters. The monoisotopic (exact) mass is 408 g/mol. The summed E-state index contributed by atoms with van der Waals surface area (Å²) in [5, 5.41) is 4.12. The van der Waals surface area contributed by atoms with E-state index >= 15 is 0 Å². The zero-order valence-electron chi connectivity index (χ0n) is 13.7. The van der Waals surface area contributed by atoms with Crippen LogP contribution in [0.15, 0.2) is 42.5 Å². The maximum absolute atomic E-state index is 13.0. The molecule has 0 saturated carbocycles. The van der Waals surface area contributed by atoms with Gasteiger partial charge in [0.05, 0.1) is 17.7 Å². The summed E-state index contributed by atoms with van der Waals surface area (Å²) in [6.45, 7) is -0.757. The van der Waals surface area contributed by atoms with Crippen molar-refractivity contribution >= 4 is 17.5 Å². The first-order valence-corrected chi connectivity index (χ1v) is 7.49. The highest BCUT2D eigenvalue weighted by Gasteiger charge is 2.37. The van der Waals surface area contributed by atoms with Gasteiger partial charge in [-0.25, -0.2) is 4.39 Å². The van der Waals surface area contributed by atoms with Crippen molar-refractivity contribution in [3.8, 4) is 0 Å². The van der Waals surface area contributed by atoms with Crippen molar-refractivity contribution in [2.24, 2.45) is 0 Å². The molecule has 0 radical (unpaired) electrons. The number of carbonyl (C=O) groups excluding carboxylic acids is 2. The molecule has 0 aromatic heterocycles. The summed E-state index contributed by atoms with van der Waals surface area (Å²) in [5.74, 6) is -2.82.